The van der Waals surface area contributed by atoms with Crippen LogP contribution >= 0.6 is 0 Å². The highest BCUT2D eigenvalue weighted by molar-refractivity contribution is 5.59. The van der Waals surface area contributed by atoms with Crippen molar-refractivity contribution in [2.45, 2.75) is 25.8 Å². The molecular weight excluding hydrogens is 198 g/mol. The molecule has 3 nitrogen and oxygen atoms in total. The first kappa shape index (κ1) is 11.0. The largest absolute Gasteiger partial charge is 0.380 e. The molecule has 3 heteroatoms. The third-order valence-electron chi connectivity index (χ3n) is 2.95. The van der Waals surface area contributed by atoms with Crippen LogP contribution in [-0.4, -0.2) is 19.1 Å². The molecule has 1 saturated heterocycles. The lowest BCUT2D eigenvalue weighted by atomic mass is 10.1. The van der Waals surface area contributed by atoms with Crippen LogP contribution in [0, 0.1) is 18.3 Å². The number of nitrogens with zero attached hydrogens (tertiary/aromatic N) is 1. The standard InChI is InChI=1S/C13H17N3/c1-10-4-5-13(11(7-10)8-14)16-12-3-2-6-15-9-12/h4-5,7,12,15-16H,2-3,6,9H2,1H3. The summed E-state index contributed by atoms with van der Waals surface area (Å²) in [6, 6.07) is 8.66. The normalized spacial score (nSPS) is 20.1. The van der Waals surface area contributed by atoms with E-state index in [2.05, 4.69) is 16.7 Å². The van der Waals surface area contributed by atoms with Gasteiger partial charge in [0.25, 0.3) is 0 Å². The van der Waals surface area contributed by atoms with Crippen molar-refractivity contribution in [2.75, 3.05) is 18.4 Å². The van der Waals surface area contributed by atoms with Crippen molar-refractivity contribution in [3.63, 3.8) is 0 Å². The van der Waals surface area contributed by atoms with Crippen LogP contribution < -0.4 is 10.6 Å². The molecule has 0 amide bonds. The van der Waals surface area contributed by atoms with Crippen LogP contribution in [0.15, 0.2) is 18.2 Å². The highest BCUT2D eigenvalue weighted by Crippen LogP contribution is 2.18. The molecule has 0 aliphatic carbocycles. The van der Waals surface area contributed by atoms with Gasteiger partial charge in [-0.15, -0.1) is 0 Å². The van der Waals surface area contributed by atoms with Gasteiger partial charge in [0.2, 0.25) is 0 Å². The van der Waals surface area contributed by atoms with Crippen LogP contribution in [0.2, 0.25) is 0 Å². The Morgan fingerprint density at radius 1 is 1.50 bits per heavy atom. The van der Waals surface area contributed by atoms with E-state index in [4.69, 9.17) is 5.26 Å². The van der Waals surface area contributed by atoms with Gasteiger partial charge in [0.05, 0.1) is 11.3 Å². The third-order valence-corrected chi connectivity index (χ3v) is 2.95. The van der Waals surface area contributed by atoms with Crippen LogP contribution in [0.5, 0.6) is 0 Å². The second-order valence-corrected chi connectivity index (χ2v) is 4.35. The maximum absolute atomic E-state index is 9.07. The Morgan fingerprint density at radius 3 is 3.06 bits per heavy atom. The minimum Gasteiger partial charge on any atom is -0.380 e. The molecule has 0 aromatic heterocycles. The van der Waals surface area contributed by atoms with E-state index >= 15 is 0 Å². The lowest BCUT2D eigenvalue weighted by Crippen LogP contribution is -2.38. The number of nitrogens with one attached hydrogen (secondary N) is 2. The second kappa shape index (κ2) is 5.00. The van der Waals surface area contributed by atoms with E-state index in [1.807, 2.05) is 25.1 Å². The Bertz CT molecular complexity index is 400. The Balaban J connectivity index is 2.11. The van der Waals surface area contributed by atoms with Crippen molar-refractivity contribution in [3.8, 4) is 6.07 Å². The van der Waals surface area contributed by atoms with Crippen LogP contribution in [0.3, 0.4) is 0 Å². The van der Waals surface area contributed by atoms with Gasteiger partial charge in [0, 0.05) is 12.6 Å². The number of aryl methyl sites for hydroxylation is 1. The zero-order valence-electron chi connectivity index (χ0n) is 9.59. The highest BCUT2D eigenvalue weighted by Gasteiger charge is 2.13. The number of nitriles is 1. The molecular formula is C13H17N3. The Morgan fingerprint density at radius 2 is 2.38 bits per heavy atom. The smallest absolute Gasteiger partial charge is 0.101 e. The summed E-state index contributed by atoms with van der Waals surface area (Å²) < 4.78 is 0. The van der Waals surface area contributed by atoms with Crippen molar-refractivity contribution in [1.29, 1.82) is 5.26 Å². The maximum atomic E-state index is 9.07. The van der Waals surface area contributed by atoms with Crippen LogP contribution in [0.1, 0.15) is 24.0 Å². The number of hydrogen-bond acceptors (Lipinski definition) is 3. The van der Waals surface area contributed by atoms with Crippen LogP contribution in [0.4, 0.5) is 5.69 Å². The lowest BCUT2D eigenvalue weighted by Gasteiger charge is -2.25. The van der Waals surface area contributed by atoms with Gasteiger partial charge in [-0.1, -0.05) is 6.07 Å². The van der Waals surface area contributed by atoms with Crippen molar-refractivity contribution < 1.29 is 0 Å². The minimum absolute atomic E-state index is 0.448. The zero-order chi connectivity index (χ0) is 11.4. The summed E-state index contributed by atoms with van der Waals surface area (Å²) >= 11 is 0. The number of anilines is 1. The molecule has 1 unspecified atom stereocenters. The highest BCUT2D eigenvalue weighted by atomic mass is 15.0. The number of hydrogen-bond donors (Lipinski definition) is 2. The molecule has 0 bridgehead atoms. The Hall–Kier alpha value is -1.53. The van der Waals surface area contributed by atoms with Gasteiger partial charge in [-0.05, 0) is 44.0 Å². The number of rotatable bonds is 2. The molecule has 1 aliphatic rings. The van der Waals surface area contributed by atoms with Crippen molar-refractivity contribution in [3.05, 3.63) is 29.3 Å². The van der Waals surface area contributed by atoms with Crippen LogP contribution in [-0.2, 0) is 0 Å². The van der Waals surface area contributed by atoms with E-state index in [0.29, 0.717) is 6.04 Å². The molecule has 1 atom stereocenters. The number of piperidine rings is 1. The molecule has 1 aromatic carbocycles. The van der Waals surface area contributed by atoms with Crippen molar-refractivity contribution in [1.82, 2.24) is 5.32 Å². The first-order valence-electron chi connectivity index (χ1n) is 5.77. The SMILES string of the molecule is Cc1ccc(NC2CCCNC2)c(C#N)c1. The Labute approximate surface area is 96.5 Å². The fourth-order valence-electron chi connectivity index (χ4n) is 2.07. The van der Waals surface area contributed by atoms with Gasteiger partial charge in [-0.3, -0.25) is 0 Å². The summed E-state index contributed by atoms with van der Waals surface area (Å²) in [6.45, 7) is 4.10. The van der Waals surface area contributed by atoms with Crippen molar-refractivity contribution >= 4 is 5.69 Å². The fourth-order valence-corrected chi connectivity index (χ4v) is 2.07. The van der Waals surface area contributed by atoms with Crippen LogP contribution in [0.25, 0.3) is 0 Å². The zero-order valence-corrected chi connectivity index (χ0v) is 9.59. The number of benzene rings is 1. The summed E-state index contributed by atoms with van der Waals surface area (Å²) in [7, 11) is 0. The molecule has 2 N–H and O–H groups in total. The fraction of sp³-hybridized carbons (Fsp3) is 0.462. The van der Waals surface area contributed by atoms with E-state index in [1.165, 1.54) is 12.8 Å². The van der Waals surface area contributed by atoms with Gasteiger partial charge >= 0.3 is 0 Å². The molecule has 0 spiro atoms. The predicted molar refractivity (Wildman–Crippen MR) is 65.4 cm³/mol. The van der Waals surface area contributed by atoms with Gasteiger partial charge in [0.1, 0.15) is 6.07 Å². The van der Waals surface area contributed by atoms with Crippen molar-refractivity contribution in [2.24, 2.45) is 0 Å². The molecule has 2 rings (SSSR count). The molecule has 0 radical (unpaired) electrons. The topological polar surface area (TPSA) is 47.8 Å². The maximum Gasteiger partial charge on any atom is 0.101 e. The summed E-state index contributed by atoms with van der Waals surface area (Å²) in [5.41, 5.74) is 2.83. The monoisotopic (exact) mass is 215 g/mol. The van der Waals surface area contributed by atoms with E-state index in [9.17, 15) is 0 Å². The molecule has 1 aliphatic heterocycles. The van der Waals surface area contributed by atoms with E-state index in [-0.39, 0.29) is 0 Å². The second-order valence-electron chi connectivity index (χ2n) is 4.35. The molecule has 0 saturated carbocycles. The average molecular weight is 215 g/mol. The first-order valence-corrected chi connectivity index (χ1v) is 5.77. The van der Waals surface area contributed by atoms with Gasteiger partial charge in [-0.25, -0.2) is 0 Å². The summed E-state index contributed by atoms with van der Waals surface area (Å²) in [6.07, 6.45) is 2.37. The molecule has 16 heavy (non-hydrogen) atoms. The summed E-state index contributed by atoms with van der Waals surface area (Å²) in [5, 5.41) is 15.9. The quantitative estimate of drug-likeness (QED) is 0.793. The summed E-state index contributed by atoms with van der Waals surface area (Å²) in [5.74, 6) is 0. The van der Waals surface area contributed by atoms with Gasteiger partial charge < -0.3 is 10.6 Å². The first-order chi connectivity index (χ1) is 7.79. The average Bonchev–Trinajstić information content (AvgIpc) is 2.33. The van der Waals surface area contributed by atoms with Gasteiger partial charge in [-0.2, -0.15) is 5.26 Å². The lowest BCUT2D eigenvalue weighted by molar-refractivity contribution is 0.480. The van der Waals surface area contributed by atoms with E-state index in [1.54, 1.807) is 0 Å². The Kier molecular flexibility index (Phi) is 3.43. The molecule has 1 fully saturated rings. The van der Waals surface area contributed by atoms with E-state index in [0.717, 1.165) is 29.9 Å². The molecule has 1 heterocycles. The van der Waals surface area contributed by atoms with Gasteiger partial charge in [0.15, 0.2) is 0 Å². The molecule has 84 valence electrons. The molecule has 1 aromatic rings. The van der Waals surface area contributed by atoms with E-state index < -0.39 is 0 Å². The minimum atomic E-state index is 0.448. The summed E-state index contributed by atoms with van der Waals surface area (Å²) in [4.78, 5) is 0. The third kappa shape index (κ3) is 2.53. The predicted octanol–water partition coefficient (Wildman–Crippen LogP) is 2.03.